The molecule has 6 nitrogen and oxygen atoms in total. The molecule has 0 spiro atoms. The van der Waals surface area contributed by atoms with Crippen LogP contribution in [-0.4, -0.2) is 44.0 Å². The lowest BCUT2D eigenvalue weighted by atomic mass is 10.1. The van der Waals surface area contributed by atoms with Gasteiger partial charge in [-0.15, -0.1) is 0 Å². The standard InChI is InChI=1S/C13H17NO5/c1-18-12(19-2)8-14-11(15)7-9-4-3-5-10(6-9)13(16)17/h3-6,12H,7-8H2,1-2H3,(H,14,15)(H,16,17). The van der Waals surface area contributed by atoms with Crippen molar-refractivity contribution in [2.75, 3.05) is 20.8 Å². The molecule has 0 saturated carbocycles. The van der Waals surface area contributed by atoms with Gasteiger partial charge in [0, 0.05) is 14.2 Å². The molecule has 0 heterocycles. The zero-order valence-corrected chi connectivity index (χ0v) is 10.9. The van der Waals surface area contributed by atoms with E-state index in [0.717, 1.165) is 0 Å². The fourth-order valence-electron chi connectivity index (χ4n) is 1.52. The second kappa shape index (κ2) is 7.50. The lowest BCUT2D eigenvalue weighted by Gasteiger charge is -2.14. The van der Waals surface area contributed by atoms with E-state index in [2.05, 4.69) is 5.32 Å². The summed E-state index contributed by atoms with van der Waals surface area (Å²) in [6.07, 6.45) is -0.379. The van der Waals surface area contributed by atoms with E-state index in [4.69, 9.17) is 14.6 Å². The molecule has 6 heteroatoms. The highest BCUT2D eigenvalue weighted by atomic mass is 16.7. The van der Waals surface area contributed by atoms with Gasteiger partial charge in [0.2, 0.25) is 5.91 Å². The van der Waals surface area contributed by atoms with E-state index < -0.39 is 12.3 Å². The molecule has 0 radical (unpaired) electrons. The molecule has 1 rings (SSSR count). The van der Waals surface area contributed by atoms with Gasteiger partial charge >= 0.3 is 5.97 Å². The smallest absolute Gasteiger partial charge is 0.335 e. The topological polar surface area (TPSA) is 84.9 Å². The number of carbonyl (C=O) groups is 2. The van der Waals surface area contributed by atoms with Crippen LogP contribution in [-0.2, 0) is 20.7 Å². The molecule has 0 aromatic heterocycles. The molecule has 19 heavy (non-hydrogen) atoms. The Morgan fingerprint density at radius 1 is 1.32 bits per heavy atom. The fourth-order valence-corrected chi connectivity index (χ4v) is 1.52. The average molecular weight is 267 g/mol. The molecule has 0 atom stereocenters. The van der Waals surface area contributed by atoms with Gasteiger partial charge in [0.15, 0.2) is 6.29 Å². The summed E-state index contributed by atoms with van der Waals surface area (Å²) in [6, 6.07) is 6.27. The molecule has 0 saturated heterocycles. The molecule has 0 aliphatic rings. The van der Waals surface area contributed by atoms with Crippen LogP contribution in [0, 0.1) is 0 Å². The molecular weight excluding hydrogens is 250 g/mol. The number of hydrogen-bond donors (Lipinski definition) is 2. The quantitative estimate of drug-likeness (QED) is 0.709. The lowest BCUT2D eigenvalue weighted by Crippen LogP contribution is -2.35. The summed E-state index contributed by atoms with van der Waals surface area (Å²) in [5.41, 5.74) is 0.806. The van der Waals surface area contributed by atoms with E-state index in [9.17, 15) is 9.59 Å². The van der Waals surface area contributed by atoms with Crippen molar-refractivity contribution in [1.82, 2.24) is 5.32 Å². The first-order chi connectivity index (χ1) is 9.06. The number of amides is 1. The highest BCUT2D eigenvalue weighted by Gasteiger charge is 2.10. The first-order valence-electron chi connectivity index (χ1n) is 5.71. The van der Waals surface area contributed by atoms with Gasteiger partial charge in [-0.2, -0.15) is 0 Å². The van der Waals surface area contributed by atoms with Gasteiger partial charge in [-0.1, -0.05) is 12.1 Å². The average Bonchev–Trinajstić information content (AvgIpc) is 2.40. The predicted molar refractivity (Wildman–Crippen MR) is 67.9 cm³/mol. The molecule has 2 N–H and O–H groups in total. The van der Waals surface area contributed by atoms with Crippen LogP contribution < -0.4 is 5.32 Å². The number of hydrogen-bond acceptors (Lipinski definition) is 4. The second-order valence-corrected chi connectivity index (χ2v) is 3.89. The molecule has 0 unspecified atom stereocenters. The summed E-state index contributed by atoms with van der Waals surface area (Å²) < 4.78 is 9.87. The SMILES string of the molecule is COC(CNC(=O)Cc1cccc(C(=O)O)c1)OC. The van der Waals surface area contributed by atoms with Gasteiger partial charge in [0.1, 0.15) is 0 Å². The van der Waals surface area contributed by atoms with Crippen LogP contribution in [0.4, 0.5) is 0 Å². The van der Waals surface area contributed by atoms with Gasteiger partial charge in [-0.3, -0.25) is 4.79 Å². The van der Waals surface area contributed by atoms with Crippen LogP contribution in [0.5, 0.6) is 0 Å². The van der Waals surface area contributed by atoms with E-state index in [1.807, 2.05) is 0 Å². The second-order valence-electron chi connectivity index (χ2n) is 3.89. The molecule has 1 aromatic carbocycles. The van der Waals surface area contributed by atoms with Crippen LogP contribution in [0.3, 0.4) is 0 Å². The minimum Gasteiger partial charge on any atom is -0.478 e. The first kappa shape index (κ1) is 15.1. The van der Waals surface area contributed by atoms with Gasteiger partial charge in [-0.05, 0) is 17.7 Å². The summed E-state index contributed by atoms with van der Waals surface area (Å²) in [5, 5.41) is 11.5. The summed E-state index contributed by atoms with van der Waals surface area (Å²) in [6.45, 7) is 0.241. The number of aromatic carboxylic acids is 1. The molecule has 1 amide bonds. The third-order valence-corrected chi connectivity index (χ3v) is 2.53. The molecular formula is C13H17NO5. The highest BCUT2D eigenvalue weighted by molar-refractivity contribution is 5.88. The van der Waals surface area contributed by atoms with Crippen LogP contribution in [0.1, 0.15) is 15.9 Å². The van der Waals surface area contributed by atoms with E-state index in [0.29, 0.717) is 5.56 Å². The minimum atomic E-state index is -1.01. The Morgan fingerprint density at radius 2 is 2.00 bits per heavy atom. The number of ether oxygens (including phenoxy) is 2. The number of methoxy groups -OCH3 is 2. The zero-order valence-electron chi connectivity index (χ0n) is 10.9. The van der Waals surface area contributed by atoms with E-state index in [1.54, 1.807) is 12.1 Å². The normalized spacial score (nSPS) is 10.5. The van der Waals surface area contributed by atoms with E-state index in [1.165, 1.54) is 26.4 Å². The van der Waals surface area contributed by atoms with Gasteiger partial charge < -0.3 is 19.9 Å². The Labute approximate surface area is 111 Å². The number of carbonyl (C=O) groups excluding carboxylic acids is 1. The monoisotopic (exact) mass is 267 g/mol. The first-order valence-corrected chi connectivity index (χ1v) is 5.71. The summed E-state index contributed by atoms with van der Waals surface area (Å²) in [7, 11) is 2.97. The van der Waals surface area contributed by atoms with E-state index >= 15 is 0 Å². The summed E-state index contributed by atoms with van der Waals surface area (Å²) >= 11 is 0. The highest BCUT2D eigenvalue weighted by Crippen LogP contribution is 2.06. The Kier molecular flexibility index (Phi) is 5.98. The van der Waals surface area contributed by atoms with Crippen molar-refractivity contribution in [2.45, 2.75) is 12.7 Å². The summed E-state index contributed by atoms with van der Waals surface area (Å²) in [5.74, 6) is -1.23. The third kappa shape index (κ3) is 5.07. The van der Waals surface area contributed by atoms with Crippen LogP contribution in [0.25, 0.3) is 0 Å². The Morgan fingerprint density at radius 3 is 2.58 bits per heavy atom. The van der Waals surface area contributed by atoms with Crippen molar-refractivity contribution < 1.29 is 24.2 Å². The number of carboxylic acids is 1. The molecule has 1 aromatic rings. The minimum absolute atomic E-state index is 0.112. The zero-order chi connectivity index (χ0) is 14.3. The lowest BCUT2D eigenvalue weighted by molar-refractivity contribution is -0.126. The van der Waals surface area contributed by atoms with E-state index in [-0.39, 0.29) is 24.4 Å². The van der Waals surface area contributed by atoms with Crippen LogP contribution in [0.15, 0.2) is 24.3 Å². The van der Waals surface area contributed by atoms with Crippen molar-refractivity contribution in [3.8, 4) is 0 Å². The van der Waals surface area contributed by atoms with Crippen molar-refractivity contribution in [3.05, 3.63) is 35.4 Å². The number of benzene rings is 1. The molecule has 104 valence electrons. The van der Waals surface area contributed by atoms with Gasteiger partial charge in [-0.25, -0.2) is 4.79 Å². The van der Waals surface area contributed by atoms with Crippen LogP contribution in [0.2, 0.25) is 0 Å². The maximum atomic E-state index is 11.7. The van der Waals surface area contributed by atoms with Gasteiger partial charge in [0.05, 0.1) is 18.5 Å². The van der Waals surface area contributed by atoms with Crippen molar-refractivity contribution >= 4 is 11.9 Å². The molecule has 0 fully saturated rings. The largest absolute Gasteiger partial charge is 0.478 e. The fraction of sp³-hybridized carbons (Fsp3) is 0.385. The summed E-state index contributed by atoms with van der Waals surface area (Å²) in [4.78, 5) is 22.5. The molecule has 0 aliphatic carbocycles. The third-order valence-electron chi connectivity index (χ3n) is 2.53. The Bertz CT molecular complexity index is 442. The Balaban J connectivity index is 2.52. The number of nitrogens with one attached hydrogen (secondary N) is 1. The predicted octanol–water partition coefficient (Wildman–Crippen LogP) is 0.662. The molecule has 0 bridgehead atoms. The maximum Gasteiger partial charge on any atom is 0.335 e. The van der Waals surface area contributed by atoms with Gasteiger partial charge in [0.25, 0.3) is 0 Å². The number of rotatable bonds is 7. The Hall–Kier alpha value is -1.92. The van der Waals surface area contributed by atoms with Crippen molar-refractivity contribution in [1.29, 1.82) is 0 Å². The number of carboxylic acid groups (broad SMARTS) is 1. The van der Waals surface area contributed by atoms with Crippen molar-refractivity contribution in [2.24, 2.45) is 0 Å². The molecule has 0 aliphatic heterocycles. The van der Waals surface area contributed by atoms with Crippen LogP contribution >= 0.6 is 0 Å². The van der Waals surface area contributed by atoms with Crippen molar-refractivity contribution in [3.63, 3.8) is 0 Å². The maximum absolute atomic E-state index is 11.7.